The molecule has 2 atom stereocenters. The van der Waals surface area contributed by atoms with Crippen LogP contribution in [0.15, 0.2) is 69.6 Å². The number of nitrogens with zero attached hydrogens (tertiary/aromatic N) is 2. The number of hydrogen-bond donors (Lipinski definition) is 3. The molecule has 0 spiro atoms. The summed E-state index contributed by atoms with van der Waals surface area (Å²) in [4.78, 5) is 61.8. The van der Waals surface area contributed by atoms with Gasteiger partial charge < -0.3 is 29.8 Å². The first-order chi connectivity index (χ1) is 20.6. The fourth-order valence-corrected chi connectivity index (χ4v) is 4.54. The molecule has 0 radical (unpaired) electrons. The van der Waals surface area contributed by atoms with Crippen molar-refractivity contribution in [3.63, 3.8) is 0 Å². The van der Waals surface area contributed by atoms with Gasteiger partial charge in [-0.1, -0.05) is 28.9 Å². The van der Waals surface area contributed by atoms with E-state index in [0.29, 0.717) is 37.1 Å². The highest BCUT2D eigenvalue weighted by Gasteiger charge is 2.29. The lowest BCUT2D eigenvalue weighted by molar-refractivity contribution is -0.135. The Balaban J connectivity index is 0.000000458. The molecule has 2 fully saturated rings. The molecule has 12 nitrogen and oxygen atoms in total. The van der Waals surface area contributed by atoms with E-state index in [4.69, 9.17) is 9.26 Å². The van der Waals surface area contributed by atoms with E-state index in [2.05, 4.69) is 21.1 Å². The van der Waals surface area contributed by atoms with Gasteiger partial charge in [-0.15, -0.1) is 0 Å². The number of nitrogens with one attached hydrogen (secondary N) is 3. The second kappa shape index (κ2) is 14.2. The lowest BCUT2D eigenvalue weighted by atomic mass is 9.96. The first-order valence-corrected chi connectivity index (χ1v) is 13.7. The first kappa shape index (κ1) is 30.9. The highest BCUT2D eigenvalue weighted by Crippen LogP contribution is 2.20. The van der Waals surface area contributed by atoms with Gasteiger partial charge in [0.2, 0.25) is 11.8 Å². The van der Waals surface area contributed by atoms with Gasteiger partial charge in [-0.2, -0.15) is 0 Å². The Morgan fingerprint density at radius 3 is 2.56 bits per heavy atom. The first-order valence-electron chi connectivity index (χ1n) is 13.7. The van der Waals surface area contributed by atoms with Crippen molar-refractivity contribution in [2.24, 2.45) is 5.92 Å². The van der Waals surface area contributed by atoms with Crippen molar-refractivity contribution < 1.29 is 32.8 Å². The van der Waals surface area contributed by atoms with Crippen LogP contribution in [0.25, 0.3) is 0 Å². The number of esters is 1. The van der Waals surface area contributed by atoms with E-state index < -0.39 is 29.4 Å². The summed E-state index contributed by atoms with van der Waals surface area (Å²) < 4.78 is 23.1. The number of amides is 3. The van der Waals surface area contributed by atoms with Crippen molar-refractivity contribution in [1.29, 1.82) is 0 Å². The van der Waals surface area contributed by atoms with E-state index in [0.717, 1.165) is 10.1 Å². The number of anilines is 1. The number of hydrogen-bond acceptors (Lipinski definition) is 8. The van der Waals surface area contributed by atoms with Gasteiger partial charge in [0, 0.05) is 42.8 Å². The molecule has 2 unspecified atom stereocenters. The van der Waals surface area contributed by atoms with Crippen LogP contribution in [0.5, 0.6) is 0 Å². The summed E-state index contributed by atoms with van der Waals surface area (Å²) in [5, 5.41) is 11.6. The Hall–Kier alpha value is -5.07. The van der Waals surface area contributed by atoms with Crippen molar-refractivity contribution >= 4 is 29.4 Å². The molecule has 2 saturated heterocycles. The monoisotopic (exact) mass is 593 g/mol. The maximum absolute atomic E-state index is 12.8. The van der Waals surface area contributed by atoms with Gasteiger partial charge in [0.25, 0.3) is 11.5 Å². The number of carbonyl (C=O) groups is 4. The van der Waals surface area contributed by atoms with Gasteiger partial charge in [0.1, 0.15) is 23.8 Å². The minimum Gasteiger partial charge on any atom is -0.462 e. The summed E-state index contributed by atoms with van der Waals surface area (Å²) >= 11 is 0. The van der Waals surface area contributed by atoms with E-state index in [-0.39, 0.29) is 42.2 Å². The molecule has 2 aliphatic rings. The normalized spacial score (nSPS) is 17.5. The SMILES string of the molecule is Cc1cc(C(=O)Nc2cccn(CC(=O)NC(/C=C3\CCOC3=O)CC3CCNC3=O)c2=O)no1.Cc1ccc(F)cc1. The van der Waals surface area contributed by atoms with Gasteiger partial charge in [-0.05, 0) is 51.0 Å². The topological polar surface area (TPSA) is 162 Å². The number of aryl methyl sites for hydroxylation is 2. The molecule has 4 heterocycles. The van der Waals surface area contributed by atoms with Gasteiger partial charge in [0.05, 0.1) is 6.61 Å². The van der Waals surface area contributed by atoms with Crippen molar-refractivity contribution in [2.75, 3.05) is 18.5 Å². The lowest BCUT2D eigenvalue weighted by Crippen LogP contribution is -2.40. The van der Waals surface area contributed by atoms with Crippen molar-refractivity contribution in [3.8, 4) is 0 Å². The minimum absolute atomic E-state index is 0.0207. The third kappa shape index (κ3) is 8.71. The molecule has 1 aromatic carbocycles. The van der Waals surface area contributed by atoms with E-state index in [1.807, 2.05) is 6.92 Å². The molecule has 2 aliphatic heterocycles. The van der Waals surface area contributed by atoms with Crippen LogP contribution in [0.4, 0.5) is 10.1 Å². The second-order valence-corrected chi connectivity index (χ2v) is 10.2. The Morgan fingerprint density at radius 1 is 1.19 bits per heavy atom. The summed E-state index contributed by atoms with van der Waals surface area (Å²) in [5.41, 5.74) is 0.944. The van der Waals surface area contributed by atoms with Crippen LogP contribution in [0.3, 0.4) is 0 Å². The van der Waals surface area contributed by atoms with Crippen LogP contribution >= 0.6 is 0 Å². The molecule has 3 aromatic rings. The molecule has 226 valence electrons. The van der Waals surface area contributed by atoms with Crippen LogP contribution in [-0.2, 0) is 25.7 Å². The number of ether oxygens (including phenoxy) is 1. The predicted octanol–water partition coefficient (Wildman–Crippen LogP) is 2.42. The van der Waals surface area contributed by atoms with E-state index >= 15 is 0 Å². The molecular formula is C30H32FN5O7. The van der Waals surface area contributed by atoms with E-state index in [1.165, 1.54) is 36.5 Å². The molecule has 0 saturated carbocycles. The van der Waals surface area contributed by atoms with Crippen molar-refractivity contribution in [3.05, 3.63) is 93.5 Å². The number of cyclic esters (lactones) is 1. The Bertz CT molecular complexity index is 1560. The molecule has 0 aliphatic carbocycles. The summed E-state index contributed by atoms with van der Waals surface area (Å²) in [5.74, 6) is -1.67. The molecule has 0 bridgehead atoms. The summed E-state index contributed by atoms with van der Waals surface area (Å²) in [6, 6.07) is 10.2. The Kier molecular flexibility index (Phi) is 10.2. The van der Waals surface area contributed by atoms with Gasteiger partial charge in [-0.3, -0.25) is 19.2 Å². The van der Waals surface area contributed by atoms with E-state index in [9.17, 15) is 28.4 Å². The molecule has 5 rings (SSSR count). The number of pyridine rings is 1. The van der Waals surface area contributed by atoms with Crippen LogP contribution in [-0.4, -0.2) is 52.6 Å². The summed E-state index contributed by atoms with van der Waals surface area (Å²) in [6.45, 7) is 4.07. The molecule has 2 aromatic heterocycles. The molecule has 13 heteroatoms. The molecule has 43 heavy (non-hydrogen) atoms. The fraction of sp³-hybridized carbons (Fsp3) is 0.333. The maximum atomic E-state index is 12.8. The molecule has 3 N–H and O–H groups in total. The number of rotatable bonds is 8. The number of benzene rings is 1. The zero-order valence-corrected chi connectivity index (χ0v) is 23.7. The number of aromatic nitrogens is 2. The molecular weight excluding hydrogens is 561 g/mol. The highest BCUT2D eigenvalue weighted by atomic mass is 19.1. The zero-order valence-electron chi connectivity index (χ0n) is 23.7. The fourth-order valence-electron chi connectivity index (χ4n) is 4.54. The number of carbonyl (C=O) groups excluding carboxylic acids is 4. The van der Waals surface area contributed by atoms with Crippen LogP contribution in [0, 0.1) is 25.6 Å². The van der Waals surface area contributed by atoms with Crippen LogP contribution in [0.1, 0.15) is 41.1 Å². The minimum atomic E-state index is -0.619. The van der Waals surface area contributed by atoms with Crippen molar-refractivity contribution in [2.45, 2.75) is 45.7 Å². The average molecular weight is 594 g/mol. The van der Waals surface area contributed by atoms with Gasteiger partial charge >= 0.3 is 5.97 Å². The van der Waals surface area contributed by atoms with Gasteiger partial charge in [0.15, 0.2) is 5.69 Å². The summed E-state index contributed by atoms with van der Waals surface area (Å²) in [7, 11) is 0. The standard InChI is InChI=1S/C23H25N5O7.C7H7F/c1-13-9-18(27-35-13)21(31)26-17-3-2-7-28(22(17)32)12-19(29)25-16(10-14-4-6-24-20(14)30)11-15-5-8-34-23(15)33;1-6-2-4-7(8)5-3-6/h2-3,7,9,11,14,16H,4-6,8,10,12H2,1H3,(H,24,30)(H,25,29)(H,26,31);2-5H,1H3/b15-11+;. The highest BCUT2D eigenvalue weighted by molar-refractivity contribution is 6.02. The third-order valence-corrected chi connectivity index (χ3v) is 6.77. The predicted molar refractivity (Wildman–Crippen MR) is 152 cm³/mol. The largest absolute Gasteiger partial charge is 0.462 e. The third-order valence-electron chi connectivity index (χ3n) is 6.77. The number of halogens is 1. The van der Waals surface area contributed by atoms with Crippen molar-refractivity contribution in [1.82, 2.24) is 20.4 Å². The van der Waals surface area contributed by atoms with Gasteiger partial charge in [-0.25, -0.2) is 9.18 Å². The quantitative estimate of drug-likeness (QED) is 0.265. The Labute approximate surface area is 246 Å². The lowest BCUT2D eigenvalue weighted by Gasteiger charge is -2.19. The van der Waals surface area contributed by atoms with E-state index in [1.54, 1.807) is 25.1 Å². The Morgan fingerprint density at radius 2 is 1.95 bits per heavy atom. The molecule has 3 amide bonds. The summed E-state index contributed by atoms with van der Waals surface area (Å²) in [6.07, 6.45) is 4.41. The smallest absolute Gasteiger partial charge is 0.333 e. The van der Waals surface area contributed by atoms with Crippen LogP contribution in [0.2, 0.25) is 0 Å². The second-order valence-electron chi connectivity index (χ2n) is 10.2. The zero-order chi connectivity index (χ0) is 30.9. The average Bonchev–Trinajstić information content (AvgIpc) is 3.70. The maximum Gasteiger partial charge on any atom is 0.333 e. The van der Waals surface area contributed by atoms with Crippen LogP contribution < -0.4 is 21.5 Å².